The van der Waals surface area contributed by atoms with E-state index >= 15 is 0 Å². The van der Waals surface area contributed by atoms with Gasteiger partial charge in [-0.2, -0.15) is 0 Å². The quantitative estimate of drug-likeness (QED) is 0.779. The molecule has 0 saturated heterocycles. The summed E-state index contributed by atoms with van der Waals surface area (Å²) in [4.78, 5) is 15.9. The molecule has 0 radical (unpaired) electrons. The predicted molar refractivity (Wildman–Crippen MR) is 68.3 cm³/mol. The summed E-state index contributed by atoms with van der Waals surface area (Å²) in [7, 11) is 0. The van der Waals surface area contributed by atoms with Gasteiger partial charge in [-0.15, -0.1) is 0 Å². The highest BCUT2D eigenvalue weighted by Crippen LogP contribution is 2.18. The number of nitrogens with one attached hydrogen (secondary N) is 1. The van der Waals surface area contributed by atoms with Crippen LogP contribution in [0.4, 0.5) is 14.5 Å². The van der Waals surface area contributed by atoms with E-state index in [9.17, 15) is 13.6 Å². The van der Waals surface area contributed by atoms with Gasteiger partial charge in [0.1, 0.15) is 17.2 Å². The van der Waals surface area contributed by atoms with Gasteiger partial charge in [0.05, 0.1) is 5.69 Å². The number of benzene rings is 2. The predicted octanol–water partition coefficient (Wildman–Crippen LogP) is 3.36. The lowest BCUT2D eigenvalue weighted by Crippen LogP contribution is -2.13. The maximum absolute atomic E-state index is 13.4. The number of amides is 1. The molecule has 0 bridgehead atoms. The van der Waals surface area contributed by atoms with Crippen LogP contribution in [-0.2, 0) is 0 Å². The third-order valence-electron chi connectivity index (χ3n) is 2.77. The van der Waals surface area contributed by atoms with Crippen LogP contribution in [0.5, 0.6) is 0 Å². The summed E-state index contributed by atoms with van der Waals surface area (Å²) in [6.07, 6.45) is 1.27. The molecule has 1 N–H and O–H groups in total. The number of oxazole rings is 1. The van der Waals surface area contributed by atoms with Gasteiger partial charge in [0, 0.05) is 11.6 Å². The van der Waals surface area contributed by atoms with Crippen LogP contribution in [0.3, 0.4) is 0 Å². The topological polar surface area (TPSA) is 55.1 Å². The van der Waals surface area contributed by atoms with Gasteiger partial charge in [-0.25, -0.2) is 13.8 Å². The van der Waals surface area contributed by atoms with Gasteiger partial charge in [0.15, 0.2) is 12.0 Å². The number of anilines is 1. The van der Waals surface area contributed by atoms with Crippen molar-refractivity contribution in [3.05, 3.63) is 60.0 Å². The zero-order valence-corrected chi connectivity index (χ0v) is 10.1. The number of rotatable bonds is 2. The first-order valence-electron chi connectivity index (χ1n) is 5.73. The van der Waals surface area contributed by atoms with Gasteiger partial charge in [-0.05, 0) is 30.3 Å². The van der Waals surface area contributed by atoms with Crippen LogP contribution in [0.25, 0.3) is 11.1 Å². The summed E-state index contributed by atoms with van der Waals surface area (Å²) < 4.78 is 31.3. The van der Waals surface area contributed by atoms with Crippen molar-refractivity contribution in [2.45, 2.75) is 0 Å². The van der Waals surface area contributed by atoms with Crippen molar-refractivity contribution in [2.75, 3.05) is 5.32 Å². The maximum atomic E-state index is 13.4. The first kappa shape index (κ1) is 12.3. The van der Waals surface area contributed by atoms with Crippen molar-refractivity contribution >= 4 is 22.7 Å². The third-order valence-corrected chi connectivity index (χ3v) is 2.77. The number of carbonyl (C=O) groups excluding carboxylic acids is 1. The number of hydrogen-bond acceptors (Lipinski definition) is 3. The summed E-state index contributed by atoms with van der Waals surface area (Å²) in [6.45, 7) is 0. The highest BCUT2D eigenvalue weighted by Gasteiger charge is 2.11. The van der Waals surface area contributed by atoms with Gasteiger partial charge < -0.3 is 9.73 Å². The number of halogens is 2. The first-order chi connectivity index (χ1) is 9.63. The Bertz CT molecular complexity index is 799. The van der Waals surface area contributed by atoms with E-state index in [4.69, 9.17) is 4.42 Å². The summed E-state index contributed by atoms with van der Waals surface area (Å²) in [6, 6.07) is 7.60. The second-order valence-electron chi connectivity index (χ2n) is 4.11. The van der Waals surface area contributed by atoms with Crippen molar-refractivity contribution in [3.63, 3.8) is 0 Å². The summed E-state index contributed by atoms with van der Waals surface area (Å²) in [5.74, 6) is -2.06. The third kappa shape index (κ3) is 2.23. The minimum absolute atomic E-state index is 0.0888. The van der Waals surface area contributed by atoms with Crippen molar-refractivity contribution < 1.29 is 18.0 Å². The standard InChI is InChI=1S/C14H8F2N2O2/c15-9-2-4-11(10(16)6-9)18-14(19)8-1-3-12-13(5-8)20-7-17-12/h1-7H,(H,18,19). The van der Waals surface area contributed by atoms with Gasteiger partial charge >= 0.3 is 0 Å². The molecule has 4 nitrogen and oxygen atoms in total. The van der Waals surface area contributed by atoms with E-state index in [2.05, 4.69) is 10.3 Å². The molecule has 0 spiro atoms. The van der Waals surface area contributed by atoms with E-state index in [0.29, 0.717) is 17.2 Å². The molecule has 0 aliphatic heterocycles. The zero-order chi connectivity index (χ0) is 14.1. The fraction of sp³-hybridized carbons (Fsp3) is 0. The van der Waals surface area contributed by atoms with Gasteiger partial charge in [-0.3, -0.25) is 4.79 Å². The van der Waals surface area contributed by atoms with E-state index in [1.54, 1.807) is 12.1 Å². The van der Waals surface area contributed by atoms with Crippen LogP contribution in [0.15, 0.2) is 47.2 Å². The molecule has 3 aromatic rings. The Morgan fingerprint density at radius 3 is 2.80 bits per heavy atom. The minimum Gasteiger partial charge on any atom is -0.443 e. The van der Waals surface area contributed by atoms with Gasteiger partial charge in [-0.1, -0.05) is 0 Å². The Kier molecular flexibility index (Phi) is 2.90. The Morgan fingerprint density at radius 2 is 2.00 bits per heavy atom. The molecule has 0 aliphatic rings. The van der Waals surface area contributed by atoms with E-state index in [0.717, 1.165) is 12.1 Å². The molecule has 1 amide bonds. The van der Waals surface area contributed by atoms with Crippen LogP contribution in [0.1, 0.15) is 10.4 Å². The van der Waals surface area contributed by atoms with Crippen molar-refractivity contribution in [1.82, 2.24) is 4.98 Å². The lowest BCUT2D eigenvalue weighted by molar-refractivity contribution is 0.102. The second-order valence-corrected chi connectivity index (χ2v) is 4.11. The van der Waals surface area contributed by atoms with E-state index < -0.39 is 17.5 Å². The number of fused-ring (bicyclic) bond motifs is 1. The minimum atomic E-state index is -0.834. The molecule has 6 heteroatoms. The molecule has 20 heavy (non-hydrogen) atoms. The molecular weight excluding hydrogens is 266 g/mol. The largest absolute Gasteiger partial charge is 0.443 e. The first-order valence-corrected chi connectivity index (χ1v) is 5.73. The van der Waals surface area contributed by atoms with E-state index in [1.165, 1.54) is 12.5 Å². The highest BCUT2D eigenvalue weighted by atomic mass is 19.1. The van der Waals surface area contributed by atoms with Crippen LogP contribution < -0.4 is 5.32 Å². The Hall–Kier alpha value is -2.76. The van der Waals surface area contributed by atoms with Crippen LogP contribution in [0, 0.1) is 11.6 Å². The molecule has 0 unspecified atom stereocenters. The number of nitrogens with zero attached hydrogens (tertiary/aromatic N) is 1. The summed E-state index contributed by atoms with van der Waals surface area (Å²) in [5, 5.41) is 2.37. The molecule has 0 atom stereocenters. The highest BCUT2D eigenvalue weighted by molar-refractivity contribution is 6.05. The Labute approximate surface area is 112 Å². The zero-order valence-electron chi connectivity index (χ0n) is 10.1. The molecule has 1 heterocycles. The number of aromatic nitrogens is 1. The van der Waals surface area contributed by atoms with Crippen LogP contribution in [-0.4, -0.2) is 10.9 Å². The number of carbonyl (C=O) groups is 1. The Morgan fingerprint density at radius 1 is 1.15 bits per heavy atom. The van der Waals surface area contributed by atoms with Crippen molar-refractivity contribution in [2.24, 2.45) is 0 Å². The number of hydrogen-bond donors (Lipinski definition) is 1. The summed E-state index contributed by atoms with van der Waals surface area (Å²) in [5.41, 5.74) is 1.28. The average Bonchev–Trinajstić information content (AvgIpc) is 2.89. The van der Waals surface area contributed by atoms with Gasteiger partial charge in [0.2, 0.25) is 0 Å². The van der Waals surface area contributed by atoms with Crippen LogP contribution in [0.2, 0.25) is 0 Å². The molecule has 3 rings (SSSR count). The van der Waals surface area contributed by atoms with E-state index in [-0.39, 0.29) is 11.3 Å². The lowest BCUT2D eigenvalue weighted by atomic mass is 10.2. The fourth-order valence-electron chi connectivity index (χ4n) is 1.78. The smallest absolute Gasteiger partial charge is 0.255 e. The van der Waals surface area contributed by atoms with Gasteiger partial charge in [0.25, 0.3) is 5.91 Å². The maximum Gasteiger partial charge on any atom is 0.255 e. The molecule has 100 valence electrons. The van der Waals surface area contributed by atoms with E-state index in [1.807, 2.05) is 0 Å². The monoisotopic (exact) mass is 274 g/mol. The fourth-order valence-corrected chi connectivity index (χ4v) is 1.78. The second kappa shape index (κ2) is 4.73. The van der Waals surface area contributed by atoms with Crippen molar-refractivity contribution in [3.8, 4) is 0 Å². The molecule has 1 aromatic heterocycles. The molecule has 0 aliphatic carbocycles. The normalized spacial score (nSPS) is 10.7. The molecule has 2 aromatic carbocycles. The lowest BCUT2D eigenvalue weighted by Gasteiger charge is -2.06. The SMILES string of the molecule is O=C(Nc1ccc(F)cc1F)c1ccc2ncoc2c1. The molecule has 0 fully saturated rings. The molecular formula is C14H8F2N2O2. The summed E-state index contributed by atoms with van der Waals surface area (Å²) >= 11 is 0. The van der Waals surface area contributed by atoms with Crippen molar-refractivity contribution in [1.29, 1.82) is 0 Å². The van der Waals surface area contributed by atoms with Crippen LogP contribution >= 0.6 is 0 Å². The Balaban J connectivity index is 1.88. The molecule has 0 saturated carbocycles. The average molecular weight is 274 g/mol.